The molecule has 1 aromatic carbocycles. The van der Waals surface area contributed by atoms with Gasteiger partial charge in [0.2, 0.25) is 11.8 Å². The number of amides is 2. The average Bonchev–Trinajstić information content (AvgIpc) is 2.76. The van der Waals surface area contributed by atoms with Gasteiger partial charge in [-0.3, -0.25) is 14.5 Å². The van der Waals surface area contributed by atoms with E-state index in [0.717, 1.165) is 50.5 Å². The summed E-state index contributed by atoms with van der Waals surface area (Å²) < 4.78 is 10.8. The first-order valence-corrected chi connectivity index (χ1v) is 10.7. The van der Waals surface area contributed by atoms with E-state index in [4.69, 9.17) is 9.47 Å². The predicted octanol–water partition coefficient (Wildman–Crippen LogP) is 1.78. The molecule has 0 spiro atoms. The van der Waals surface area contributed by atoms with Gasteiger partial charge >= 0.3 is 0 Å². The second kappa shape index (κ2) is 11.1. The molecule has 2 aliphatic heterocycles. The van der Waals surface area contributed by atoms with Gasteiger partial charge in [-0.15, -0.1) is 0 Å². The minimum Gasteiger partial charge on any atom is -0.496 e. The number of hydrogen-bond donors (Lipinski definition) is 1. The van der Waals surface area contributed by atoms with Crippen molar-refractivity contribution in [3.63, 3.8) is 0 Å². The molecule has 1 aromatic rings. The van der Waals surface area contributed by atoms with Gasteiger partial charge in [-0.05, 0) is 24.8 Å². The number of benzene rings is 1. The Hall–Kier alpha value is -2.38. The number of ether oxygens (including phenoxy) is 2. The number of para-hydroxylation sites is 1. The molecule has 0 radical (unpaired) electrons. The maximum atomic E-state index is 12.8. The van der Waals surface area contributed by atoms with Crippen molar-refractivity contribution in [2.24, 2.45) is 5.92 Å². The van der Waals surface area contributed by atoms with Crippen LogP contribution in [0.4, 0.5) is 0 Å². The Bertz CT molecular complexity index is 746. The van der Waals surface area contributed by atoms with Gasteiger partial charge in [-0.1, -0.05) is 30.4 Å². The van der Waals surface area contributed by atoms with Crippen molar-refractivity contribution >= 4 is 17.9 Å². The van der Waals surface area contributed by atoms with Crippen molar-refractivity contribution in [1.82, 2.24) is 15.1 Å². The first-order valence-electron chi connectivity index (χ1n) is 10.7. The zero-order valence-electron chi connectivity index (χ0n) is 18.0. The zero-order valence-corrected chi connectivity index (χ0v) is 18.0. The van der Waals surface area contributed by atoms with E-state index in [1.807, 2.05) is 43.5 Å². The number of carbonyl (C=O) groups is 2. The molecule has 1 N–H and O–H groups in total. The highest BCUT2D eigenvalue weighted by Gasteiger charge is 2.32. The number of carbonyl (C=O) groups excluding carboxylic acids is 2. The van der Waals surface area contributed by atoms with Crippen LogP contribution in [-0.2, 0) is 14.3 Å². The Labute approximate surface area is 179 Å². The molecule has 2 saturated heterocycles. The van der Waals surface area contributed by atoms with Crippen LogP contribution in [0, 0.1) is 5.92 Å². The molecule has 2 heterocycles. The number of nitrogens with one attached hydrogen (secondary N) is 1. The molecule has 2 amide bonds. The Balaban J connectivity index is 1.57. The number of methoxy groups -OCH3 is 1. The van der Waals surface area contributed by atoms with E-state index in [-0.39, 0.29) is 18.2 Å². The molecule has 30 heavy (non-hydrogen) atoms. The monoisotopic (exact) mass is 415 g/mol. The van der Waals surface area contributed by atoms with E-state index < -0.39 is 6.04 Å². The third-order valence-corrected chi connectivity index (χ3v) is 5.88. The molecule has 0 aromatic heterocycles. The molecule has 7 nitrogen and oxygen atoms in total. The lowest BCUT2D eigenvalue weighted by atomic mass is 9.99. The quantitative estimate of drug-likeness (QED) is 0.701. The maximum Gasteiger partial charge on any atom is 0.237 e. The third-order valence-electron chi connectivity index (χ3n) is 5.88. The van der Waals surface area contributed by atoms with Gasteiger partial charge in [-0.25, -0.2) is 0 Å². The SMILES string of the molecule is COc1ccccc1/C=C/CN1CCNC(=O)C1CC(=O)N(C)CC1CCOCC1. The highest BCUT2D eigenvalue weighted by molar-refractivity contribution is 5.88. The molecular formula is C23H33N3O4. The van der Waals surface area contributed by atoms with Crippen LogP contribution in [0.25, 0.3) is 6.08 Å². The van der Waals surface area contributed by atoms with E-state index in [1.165, 1.54) is 0 Å². The summed E-state index contributed by atoms with van der Waals surface area (Å²) >= 11 is 0. The van der Waals surface area contributed by atoms with Gasteiger partial charge < -0.3 is 19.7 Å². The summed E-state index contributed by atoms with van der Waals surface area (Å²) in [7, 11) is 3.49. The molecule has 1 unspecified atom stereocenters. The van der Waals surface area contributed by atoms with E-state index >= 15 is 0 Å². The number of nitrogens with zero attached hydrogens (tertiary/aromatic N) is 2. The van der Waals surface area contributed by atoms with Crippen molar-refractivity contribution in [3.8, 4) is 5.75 Å². The number of piperazine rings is 1. The van der Waals surface area contributed by atoms with Gasteiger partial charge in [0.05, 0.1) is 19.6 Å². The van der Waals surface area contributed by atoms with Crippen molar-refractivity contribution in [2.45, 2.75) is 25.3 Å². The smallest absolute Gasteiger partial charge is 0.237 e. The molecule has 0 bridgehead atoms. The predicted molar refractivity (Wildman–Crippen MR) is 116 cm³/mol. The van der Waals surface area contributed by atoms with Crippen molar-refractivity contribution in [2.75, 3.05) is 53.6 Å². The topological polar surface area (TPSA) is 71.1 Å². The molecule has 2 aliphatic rings. The summed E-state index contributed by atoms with van der Waals surface area (Å²) in [6, 6.07) is 7.37. The van der Waals surface area contributed by atoms with Crippen molar-refractivity contribution < 1.29 is 19.1 Å². The van der Waals surface area contributed by atoms with Crippen LogP contribution < -0.4 is 10.1 Å². The minimum atomic E-state index is -0.439. The van der Waals surface area contributed by atoms with Crippen LogP contribution in [0.5, 0.6) is 5.75 Å². The molecule has 2 fully saturated rings. The summed E-state index contributed by atoms with van der Waals surface area (Å²) in [6.07, 6.45) is 6.21. The Morgan fingerprint density at radius 2 is 2.10 bits per heavy atom. The fourth-order valence-corrected chi connectivity index (χ4v) is 4.06. The van der Waals surface area contributed by atoms with Gasteiger partial charge in [0.15, 0.2) is 0 Å². The van der Waals surface area contributed by atoms with E-state index in [1.54, 1.807) is 12.0 Å². The highest BCUT2D eigenvalue weighted by atomic mass is 16.5. The normalized spacial score (nSPS) is 20.9. The molecule has 164 valence electrons. The van der Waals surface area contributed by atoms with Gasteiger partial charge in [0, 0.05) is 52.0 Å². The second-order valence-corrected chi connectivity index (χ2v) is 7.98. The summed E-state index contributed by atoms with van der Waals surface area (Å²) in [4.78, 5) is 29.2. The third kappa shape index (κ3) is 6.06. The number of hydrogen-bond acceptors (Lipinski definition) is 5. The molecule has 3 rings (SSSR count). The van der Waals surface area contributed by atoms with Crippen LogP contribution in [0.3, 0.4) is 0 Å². The van der Waals surface area contributed by atoms with Gasteiger partial charge in [0.25, 0.3) is 0 Å². The summed E-state index contributed by atoms with van der Waals surface area (Å²) in [5.41, 5.74) is 0.991. The molecule has 0 saturated carbocycles. The largest absolute Gasteiger partial charge is 0.496 e. The Morgan fingerprint density at radius 1 is 1.33 bits per heavy atom. The van der Waals surface area contributed by atoms with Crippen molar-refractivity contribution in [1.29, 1.82) is 0 Å². The summed E-state index contributed by atoms with van der Waals surface area (Å²) in [6.45, 7) is 4.19. The van der Waals surface area contributed by atoms with Crippen LogP contribution in [0.1, 0.15) is 24.8 Å². The van der Waals surface area contributed by atoms with Gasteiger partial charge in [0.1, 0.15) is 5.75 Å². The standard InChI is InChI=1S/C23H33N3O4/c1-25(17-18-9-14-30-15-10-18)22(27)16-20-23(28)24-11-13-26(20)12-5-7-19-6-3-4-8-21(19)29-2/h3-8,18,20H,9-17H2,1-2H3,(H,24,28)/b7-5+. The fourth-order valence-electron chi connectivity index (χ4n) is 4.06. The van der Waals surface area contributed by atoms with E-state index in [0.29, 0.717) is 19.0 Å². The molecule has 0 aliphatic carbocycles. The first-order chi connectivity index (χ1) is 14.6. The Morgan fingerprint density at radius 3 is 2.87 bits per heavy atom. The molecule has 7 heteroatoms. The van der Waals surface area contributed by atoms with Crippen LogP contribution >= 0.6 is 0 Å². The fraction of sp³-hybridized carbons (Fsp3) is 0.565. The first kappa shape index (κ1) is 22.3. The van der Waals surface area contributed by atoms with Crippen molar-refractivity contribution in [3.05, 3.63) is 35.9 Å². The average molecular weight is 416 g/mol. The van der Waals surface area contributed by atoms with Crippen LogP contribution in [0.2, 0.25) is 0 Å². The number of rotatable bonds is 8. The Kier molecular flexibility index (Phi) is 8.28. The second-order valence-electron chi connectivity index (χ2n) is 7.98. The van der Waals surface area contributed by atoms with Crippen LogP contribution in [0.15, 0.2) is 30.3 Å². The van der Waals surface area contributed by atoms with E-state index in [2.05, 4.69) is 10.2 Å². The van der Waals surface area contributed by atoms with E-state index in [9.17, 15) is 9.59 Å². The highest BCUT2D eigenvalue weighted by Crippen LogP contribution is 2.20. The summed E-state index contributed by atoms with van der Waals surface area (Å²) in [5.74, 6) is 1.24. The maximum absolute atomic E-state index is 12.8. The van der Waals surface area contributed by atoms with Gasteiger partial charge in [-0.2, -0.15) is 0 Å². The zero-order chi connectivity index (χ0) is 21.3. The molecular weight excluding hydrogens is 382 g/mol. The minimum absolute atomic E-state index is 0.0160. The molecule has 1 atom stereocenters. The lowest BCUT2D eigenvalue weighted by Crippen LogP contribution is -2.56. The van der Waals surface area contributed by atoms with Crippen LogP contribution in [-0.4, -0.2) is 81.2 Å². The lowest BCUT2D eigenvalue weighted by Gasteiger charge is -2.35. The lowest BCUT2D eigenvalue weighted by molar-refractivity contribution is -0.138. The summed E-state index contributed by atoms with van der Waals surface area (Å²) in [5, 5.41) is 2.90.